The molecule has 0 saturated carbocycles. The normalized spacial score (nSPS) is 13.1. The Balaban J connectivity index is 2.77. The van der Waals surface area contributed by atoms with Gasteiger partial charge in [0, 0.05) is 19.0 Å². The van der Waals surface area contributed by atoms with Gasteiger partial charge in [-0.2, -0.15) is 13.2 Å². The van der Waals surface area contributed by atoms with E-state index in [0.29, 0.717) is 12.0 Å². The molecule has 1 rings (SSSR count). The predicted octanol–water partition coefficient (Wildman–Crippen LogP) is 2.70. The summed E-state index contributed by atoms with van der Waals surface area (Å²) >= 11 is 0. The minimum absolute atomic E-state index is 0.0599. The van der Waals surface area contributed by atoms with E-state index in [1.807, 2.05) is 0 Å². The lowest BCUT2D eigenvalue weighted by atomic mass is 10.1. The molecule has 20 heavy (non-hydrogen) atoms. The minimum atomic E-state index is -4.42. The highest BCUT2D eigenvalue weighted by molar-refractivity contribution is 5.76. The molecule has 3 nitrogen and oxygen atoms in total. The van der Waals surface area contributed by atoms with Crippen LogP contribution in [-0.2, 0) is 11.3 Å². The summed E-state index contributed by atoms with van der Waals surface area (Å²) in [6, 6.07) is 8.19. The van der Waals surface area contributed by atoms with E-state index in [9.17, 15) is 18.0 Å². The lowest BCUT2D eigenvalue weighted by Crippen LogP contribution is -2.40. The number of hydrogen-bond acceptors (Lipinski definition) is 2. The summed E-state index contributed by atoms with van der Waals surface area (Å²) in [5.41, 5.74) is 6.30. The van der Waals surface area contributed by atoms with Gasteiger partial charge in [0.25, 0.3) is 0 Å². The molecule has 0 saturated heterocycles. The maximum Gasteiger partial charge on any atom is 0.406 e. The van der Waals surface area contributed by atoms with Crippen LogP contribution in [-0.4, -0.2) is 29.6 Å². The highest BCUT2D eigenvalue weighted by Gasteiger charge is 2.33. The summed E-state index contributed by atoms with van der Waals surface area (Å²) in [5, 5.41) is 0. The molecular formula is C14H19F3N2O. The topological polar surface area (TPSA) is 46.3 Å². The Hall–Kier alpha value is -1.56. The number of nitrogens with zero attached hydrogens (tertiary/aromatic N) is 1. The van der Waals surface area contributed by atoms with E-state index >= 15 is 0 Å². The van der Waals surface area contributed by atoms with E-state index in [1.165, 1.54) is 0 Å². The number of rotatable bonds is 6. The summed E-state index contributed by atoms with van der Waals surface area (Å²) < 4.78 is 37.7. The third-order valence-corrected chi connectivity index (χ3v) is 2.90. The molecule has 0 bridgehead atoms. The molecule has 1 atom stereocenters. The van der Waals surface area contributed by atoms with Gasteiger partial charge >= 0.3 is 6.18 Å². The van der Waals surface area contributed by atoms with Crippen molar-refractivity contribution in [2.24, 2.45) is 5.73 Å². The van der Waals surface area contributed by atoms with Crippen molar-refractivity contribution in [3.63, 3.8) is 0 Å². The molecule has 0 aromatic heterocycles. The smallest absolute Gasteiger partial charge is 0.329 e. The fraction of sp³-hybridized carbons (Fsp3) is 0.500. The van der Waals surface area contributed by atoms with Gasteiger partial charge in [-0.05, 0) is 12.0 Å². The number of amides is 1. The second-order valence-electron chi connectivity index (χ2n) is 4.72. The van der Waals surface area contributed by atoms with Crippen molar-refractivity contribution >= 4 is 5.91 Å². The number of nitrogens with two attached hydrogens (primary N) is 1. The third kappa shape index (κ3) is 6.06. The van der Waals surface area contributed by atoms with Gasteiger partial charge < -0.3 is 10.6 Å². The fourth-order valence-corrected chi connectivity index (χ4v) is 1.75. The molecule has 0 aliphatic heterocycles. The van der Waals surface area contributed by atoms with E-state index in [2.05, 4.69) is 0 Å². The van der Waals surface area contributed by atoms with Crippen molar-refractivity contribution in [3.05, 3.63) is 35.9 Å². The average Bonchev–Trinajstić information content (AvgIpc) is 2.37. The van der Waals surface area contributed by atoms with Crippen LogP contribution < -0.4 is 5.73 Å². The average molecular weight is 288 g/mol. The molecule has 1 unspecified atom stereocenters. The van der Waals surface area contributed by atoms with Gasteiger partial charge in [0.15, 0.2) is 0 Å². The highest BCUT2D eigenvalue weighted by atomic mass is 19.4. The van der Waals surface area contributed by atoms with Crippen LogP contribution >= 0.6 is 0 Å². The van der Waals surface area contributed by atoms with E-state index in [0.717, 1.165) is 4.90 Å². The van der Waals surface area contributed by atoms with Crippen LogP contribution in [0.5, 0.6) is 0 Å². The maximum atomic E-state index is 12.6. The Morgan fingerprint density at radius 3 is 2.40 bits per heavy atom. The van der Waals surface area contributed by atoms with Gasteiger partial charge in [-0.3, -0.25) is 4.79 Å². The SMILES string of the molecule is CCC(N)CC(=O)N(Cc1ccccc1)CC(F)(F)F. The summed E-state index contributed by atoms with van der Waals surface area (Å²) in [7, 11) is 0. The minimum Gasteiger partial charge on any atom is -0.329 e. The van der Waals surface area contributed by atoms with Crippen molar-refractivity contribution in [2.75, 3.05) is 6.54 Å². The molecule has 6 heteroatoms. The van der Waals surface area contributed by atoms with Crippen LogP contribution in [0.2, 0.25) is 0 Å². The number of halogens is 3. The fourth-order valence-electron chi connectivity index (χ4n) is 1.75. The molecule has 2 N–H and O–H groups in total. The summed E-state index contributed by atoms with van der Waals surface area (Å²) in [4.78, 5) is 12.8. The highest BCUT2D eigenvalue weighted by Crippen LogP contribution is 2.19. The first-order valence-electron chi connectivity index (χ1n) is 6.46. The van der Waals surface area contributed by atoms with Crippen LogP contribution in [0, 0.1) is 0 Å². The molecule has 0 aliphatic rings. The molecule has 1 amide bonds. The molecule has 112 valence electrons. The van der Waals surface area contributed by atoms with E-state index in [-0.39, 0.29) is 13.0 Å². The predicted molar refractivity (Wildman–Crippen MR) is 70.8 cm³/mol. The molecule has 1 aromatic rings. The van der Waals surface area contributed by atoms with Crippen LogP contribution in [0.15, 0.2) is 30.3 Å². The van der Waals surface area contributed by atoms with Crippen molar-refractivity contribution in [1.82, 2.24) is 4.90 Å². The Morgan fingerprint density at radius 2 is 1.90 bits per heavy atom. The van der Waals surface area contributed by atoms with Gasteiger partial charge in [0.05, 0.1) is 0 Å². The van der Waals surface area contributed by atoms with Crippen LogP contribution in [0.4, 0.5) is 13.2 Å². The van der Waals surface area contributed by atoms with Crippen molar-refractivity contribution < 1.29 is 18.0 Å². The second kappa shape index (κ2) is 7.28. The Bertz CT molecular complexity index is 420. The molecule has 0 heterocycles. The first kappa shape index (κ1) is 16.5. The number of benzene rings is 1. The monoisotopic (exact) mass is 288 g/mol. The number of hydrogen-bond donors (Lipinski definition) is 1. The number of carbonyl (C=O) groups is 1. The zero-order valence-corrected chi connectivity index (χ0v) is 11.4. The Labute approximate surface area is 116 Å². The van der Waals surface area contributed by atoms with Crippen molar-refractivity contribution in [1.29, 1.82) is 0 Å². The zero-order chi connectivity index (χ0) is 15.2. The maximum absolute atomic E-state index is 12.6. The summed E-state index contributed by atoms with van der Waals surface area (Å²) in [6.45, 7) is 0.482. The second-order valence-corrected chi connectivity index (χ2v) is 4.72. The largest absolute Gasteiger partial charge is 0.406 e. The van der Waals surface area contributed by atoms with Crippen molar-refractivity contribution in [3.8, 4) is 0 Å². The molecule has 1 aromatic carbocycles. The molecule has 0 radical (unpaired) electrons. The lowest BCUT2D eigenvalue weighted by molar-refractivity contribution is -0.162. The van der Waals surface area contributed by atoms with Crippen LogP contribution in [0.25, 0.3) is 0 Å². The zero-order valence-electron chi connectivity index (χ0n) is 11.4. The third-order valence-electron chi connectivity index (χ3n) is 2.90. The number of alkyl halides is 3. The standard InChI is InChI=1S/C14H19F3N2O/c1-2-12(18)8-13(20)19(10-14(15,16)17)9-11-6-4-3-5-7-11/h3-7,12H,2,8-10,18H2,1H3. The Kier molecular flexibility index (Phi) is 6.01. The number of carbonyl (C=O) groups excluding carboxylic acids is 1. The first-order chi connectivity index (χ1) is 9.31. The van der Waals surface area contributed by atoms with Gasteiger partial charge in [0.2, 0.25) is 5.91 Å². The quantitative estimate of drug-likeness (QED) is 0.875. The summed E-state index contributed by atoms with van der Waals surface area (Å²) in [6.07, 6.45) is -3.93. The van der Waals surface area contributed by atoms with E-state index < -0.39 is 24.7 Å². The van der Waals surface area contributed by atoms with Crippen LogP contribution in [0.3, 0.4) is 0 Å². The van der Waals surface area contributed by atoms with Gasteiger partial charge in [0.1, 0.15) is 6.54 Å². The van der Waals surface area contributed by atoms with Crippen molar-refractivity contribution in [2.45, 2.75) is 38.5 Å². The molecule has 0 fully saturated rings. The summed E-state index contributed by atoms with van der Waals surface area (Å²) in [5.74, 6) is -0.569. The first-order valence-corrected chi connectivity index (χ1v) is 6.46. The molecular weight excluding hydrogens is 269 g/mol. The van der Waals surface area contributed by atoms with Gasteiger partial charge in [-0.25, -0.2) is 0 Å². The van der Waals surface area contributed by atoms with E-state index in [4.69, 9.17) is 5.73 Å². The van der Waals surface area contributed by atoms with Crippen LogP contribution in [0.1, 0.15) is 25.3 Å². The lowest BCUT2D eigenvalue weighted by Gasteiger charge is -2.25. The Morgan fingerprint density at radius 1 is 1.30 bits per heavy atom. The van der Waals surface area contributed by atoms with Gasteiger partial charge in [-0.1, -0.05) is 37.3 Å². The van der Waals surface area contributed by atoms with Gasteiger partial charge in [-0.15, -0.1) is 0 Å². The van der Waals surface area contributed by atoms with E-state index in [1.54, 1.807) is 37.3 Å². The molecule has 0 spiro atoms. The molecule has 0 aliphatic carbocycles.